The van der Waals surface area contributed by atoms with Gasteiger partial charge in [0.15, 0.2) is 0 Å². The summed E-state index contributed by atoms with van der Waals surface area (Å²) in [6.07, 6.45) is -0.119. The highest BCUT2D eigenvalue weighted by molar-refractivity contribution is 6.05. The fourth-order valence-electron chi connectivity index (χ4n) is 1.53. The van der Waals surface area contributed by atoms with Crippen molar-refractivity contribution < 1.29 is 19.1 Å². The van der Waals surface area contributed by atoms with Crippen LogP contribution in [0.5, 0.6) is 11.5 Å². The first-order valence-electron chi connectivity index (χ1n) is 5.47. The van der Waals surface area contributed by atoms with Crippen molar-refractivity contribution in [2.45, 2.75) is 13.3 Å². The molecule has 5 nitrogen and oxygen atoms in total. The molecule has 0 bridgehead atoms. The molecule has 0 aliphatic carbocycles. The van der Waals surface area contributed by atoms with E-state index in [1.807, 2.05) is 0 Å². The van der Waals surface area contributed by atoms with Crippen LogP contribution in [-0.2, 0) is 9.59 Å². The standard InChI is InChI=1S/C13H17NO4/c1-9(15)7-13(16)14(2)11-6-5-10(17-3)8-12(11)18-4/h5-6,8H,7H2,1-4H3. The van der Waals surface area contributed by atoms with Gasteiger partial charge in [0, 0.05) is 13.1 Å². The molecular formula is C13H17NO4. The molecule has 0 radical (unpaired) electrons. The molecule has 0 aliphatic heterocycles. The summed E-state index contributed by atoms with van der Waals surface area (Å²) in [6, 6.07) is 5.14. The minimum atomic E-state index is -0.272. The Morgan fingerprint density at radius 2 is 1.89 bits per heavy atom. The number of amides is 1. The smallest absolute Gasteiger partial charge is 0.234 e. The Labute approximate surface area is 106 Å². The molecule has 0 aliphatic rings. The van der Waals surface area contributed by atoms with E-state index < -0.39 is 0 Å². The van der Waals surface area contributed by atoms with Crippen LogP contribution in [0.4, 0.5) is 5.69 Å². The largest absolute Gasteiger partial charge is 0.497 e. The van der Waals surface area contributed by atoms with Crippen molar-refractivity contribution in [3.05, 3.63) is 18.2 Å². The lowest BCUT2D eigenvalue weighted by atomic mass is 10.2. The van der Waals surface area contributed by atoms with Crippen LogP contribution in [0.25, 0.3) is 0 Å². The summed E-state index contributed by atoms with van der Waals surface area (Å²) in [5, 5.41) is 0. The van der Waals surface area contributed by atoms with Gasteiger partial charge in [-0.2, -0.15) is 0 Å². The van der Waals surface area contributed by atoms with Crippen molar-refractivity contribution in [3.63, 3.8) is 0 Å². The van der Waals surface area contributed by atoms with Gasteiger partial charge < -0.3 is 14.4 Å². The number of methoxy groups -OCH3 is 2. The highest BCUT2D eigenvalue weighted by Gasteiger charge is 2.17. The Bertz CT molecular complexity index is 456. The maximum Gasteiger partial charge on any atom is 0.234 e. The molecule has 0 saturated carbocycles. The second-order valence-corrected chi connectivity index (χ2v) is 3.87. The lowest BCUT2D eigenvalue weighted by Gasteiger charge is -2.20. The fraction of sp³-hybridized carbons (Fsp3) is 0.385. The van der Waals surface area contributed by atoms with Crippen molar-refractivity contribution >= 4 is 17.4 Å². The molecule has 0 spiro atoms. The number of rotatable bonds is 5. The monoisotopic (exact) mass is 251 g/mol. The number of nitrogens with zero attached hydrogens (tertiary/aromatic N) is 1. The van der Waals surface area contributed by atoms with Crippen LogP contribution >= 0.6 is 0 Å². The van der Waals surface area contributed by atoms with Crippen LogP contribution in [0.1, 0.15) is 13.3 Å². The molecule has 0 aromatic heterocycles. The van der Waals surface area contributed by atoms with Crippen LogP contribution in [-0.4, -0.2) is 33.0 Å². The molecule has 1 aromatic carbocycles. The minimum Gasteiger partial charge on any atom is -0.497 e. The highest BCUT2D eigenvalue weighted by Crippen LogP contribution is 2.31. The average molecular weight is 251 g/mol. The van der Waals surface area contributed by atoms with Gasteiger partial charge in [-0.15, -0.1) is 0 Å². The number of ether oxygens (including phenoxy) is 2. The molecule has 1 aromatic rings. The first kappa shape index (κ1) is 14.0. The van der Waals surface area contributed by atoms with Gasteiger partial charge in [-0.05, 0) is 19.1 Å². The van der Waals surface area contributed by atoms with Gasteiger partial charge in [0.25, 0.3) is 0 Å². The Balaban J connectivity index is 3.01. The summed E-state index contributed by atoms with van der Waals surface area (Å²) >= 11 is 0. The summed E-state index contributed by atoms with van der Waals surface area (Å²) in [6.45, 7) is 1.39. The fourth-order valence-corrected chi connectivity index (χ4v) is 1.53. The molecule has 18 heavy (non-hydrogen) atoms. The third-order valence-electron chi connectivity index (χ3n) is 2.52. The van der Waals surface area contributed by atoms with E-state index in [1.165, 1.54) is 18.9 Å². The van der Waals surface area contributed by atoms with Crippen LogP contribution in [0.15, 0.2) is 18.2 Å². The molecule has 98 valence electrons. The van der Waals surface area contributed by atoms with Crippen molar-refractivity contribution in [1.82, 2.24) is 0 Å². The summed E-state index contributed by atoms with van der Waals surface area (Å²) < 4.78 is 10.3. The van der Waals surface area contributed by atoms with Crippen LogP contribution in [0.3, 0.4) is 0 Å². The summed E-state index contributed by atoms with van der Waals surface area (Å²) in [7, 11) is 4.68. The maximum atomic E-state index is 11.8. The number of benzene rings is 1. The van der Waals surface area contributed by atoms with E-state index >= 15 is 0 Å². The molecule has 0 fully saturated rings. The number of ketones is 1. The van der Waals surface area contributed by atoms with Gasteiger partial charge in [0.05, 0.1) is 26.3 Å². The lowest BCUT2D eigenvalue weighted by Crippen LogP contribution is -2.28. The van der Waals surface area contributed by atoms with E-state index in [4.69, 9.17) is 9.47 Å². The van der Waals surface area contributed by atoms with Crippen molar-refractivity contribution in [1.29, 1.82) is 0 Å². The Morgan fingerprint density at radius 1 is 1.22 bits per heavy atom. The van der Waals surface area contributed by atoms with Gasteiger partial charge >= 0.3 is 0 Å². The molecule has 0 atom stereocenters. The van der Waals surface area contributed by atoms with E-state index in [0.717, 1.165) is 0 Å². The Morgan fingerprint density at radius 3 is 2.39 bits per heavy atom. The third kappa shape index (κ3) is 3.23. The number of hydrogen-bond acceptors (Lipinski definition) is 4. The van der Waals surface area contributed by atoms with Crippen molar-refractivity contribution in [3.8, 4) is 11.5 Å². The van der Waals surface area contributed by atoms with E-state index in [2.05, 4.69) is 0 Å². The average Bonchev–Trinajstić information content (AvgIpc) is 2.36. The molecule has 1 amide bonds. The van der Waals surface area contributed by atoms with E-state index in [0.29, 0.717) is 17.2 Å². The molecule has 0 unspecified atom stereocenters. The zero-order valence-corrected chi connectivity index (χ0v) is 11.0. The Kier molecular flexibility index (Phi) is 4.71. The zero-order valence-electron chi connectivity index (χ0n) is 11.0. The quantitative estimate of drug-likeness (QED) is 0.747. The van der Waals surface area contributed by atoms with Crippen LogP contribution < -0.4 is 14.4 Å². The molecular weight excluding hydrogens is 234 g/mol. The first-order chi connectivity index (χ1) is 8.49. The predicted octanol–water partition coefficient (Wildman–Crippen LogP) is 1.65. The molecule has 0 heterocycles. The number of carbonyl (C=O) groups excluding carboxylic acids is 2. The second-order valence-electron chi connectivity index (χ2n) is 3.87. The second kappa shape index (κ2) is 6.05. The van der Waals surface area contributed by atoms with Crippen molar-refractivity contribution in [2.75, 3.05) is 26.2 Å². The van der Waals surface area contributed by atoms with Crippen LogP contribution in [0.2, 0.25) is 0 Å². The molecule has 1 rings (SSSR count). The lowest BCUT2D eigenvalue weighted by molar-refractivity contribution is -0.125. The van der Waals surface area contributed by atoms with E-state index in [9.17, 15) is 9.59 Å². The van der Waals surface area contributed by atoms with Gasteiger partial charge in [0.2, 0.25) is 5.91 Å². The molecule has 0 saturated heterocycles. The Hall–Kier alpha value is -2.04. The number of carbonyl (C=O) groups is 2. The minimum absolute atomic E-state index is 0.119. The normalized spacial score (nSPS) is 9.78. The zero-order chi connectivity index (χ0) is 13.7. The van der Waals surface area contributed by atoms with Gasteiger partial charge in [-0.25, -0.2) is 0 Å². The predicted molar refractivity (Wildman–Crippen MR) is 68.3 cm³/mol. The third-order valence-corrected chi connectivity index (χ3v) is 2.52. The van der Waals surface area contributed by atoms with Crippen LogP contribution in [0, 0.1) is 0 Å². The number of Topliss-reactive ketones (excluding diaryl/α,β-unsaturated/α-hetero) is 1. The first-order valence-corrected chi connectivity index (χ1v) is 5.47. The topological polar surface area (TPSA) is 55.8 Å². The highest BCUT2D eigenvalue weighted by atomic mass is 16.5. The summed E-state index contributed by atoms with van der Waals surface area (Å²) in [5.74, 6) is 0.724. The summed E-state index contributed by atoms with van der Waals surface area (Å²) in [5.41, 5.74) is 0.601. The number of anilines is 1. The maximum absolute atomic E-state index is 11.8. The SMILES string of the molecule is COc1ccc(N(C)C(=O)CC(C)=O)c(OC)c1. The molecule has 0 N–H and O–H groups in total. The van der Waals surface area contributed by atoms with Gasteiger partial charge in [-0.1, -0.05) is 0 Å². The summed E-state index contributed by atoms with van der Waals surface area (Å²) in [4.78, 5) is 24.1. The molecule has 5 heteroatoms. The van der Waals surface area contributed by atoms with Crippen molar-refractivity contribution in [2.24, 2.45) is 0 Å². The van der Waals surface area contributed by atoms with E-state index in [1.54, 1.807) is 32.4 Å². The number of hydrogen-bond donors (Lipinski definition) is 0. The van der Waals surface area contributed by atoms with Gasteiger partial charge in [-0.3, -0.25) is 9.59 Å². The van der Waals surface area contributed by atoms with E-state index in [-0.39, 0.29) is 18.1 Å². The van der Waals surface area contributed by atoms with Gasteiger partial charge in [0.1, 0.15) is 17.3 Å².